The topological polar surface area (TPSA) is 119 Å². The molecule has 2 aromatic carbocycles. The maximum absolute atomic E-state index is 13.1. The molecule has 0 unspecified atom stereocenters. The Kier molecular flexibility index (Phi) is 7.79. The number of fused-ring (bicyclic) bond motifs is 1. The lowest BCUT2D eigenvalue weighted by molar-refractivity contribution is -0.161. The van der Waals surface area contributed by atoms with Gasteiger partial charge in [-0.1, -0.05) is 41.9 Å². The molecule has 11 nitrogen and oxygen atoms in total. The van der Waals surface area contributed by atoms with Gasteiger partial charge < -0.3 is 19.5 Å². The summed E-state index contributed by atoms with van der Waals surface area (Å²) >= 11 is 6.91. The van der Waals surface area contributed by atoms with Gasteiger partial charge in [-0.15, -0.1) is 0 Å². The van der Waals surface area contributed by atoms with E-state index >= 15 is 0 Å². The molecular weight excluding hydrogens is 632 g/mol. The minimum Gasteiger partial charge on any atom is -0.481 e. The molecule has 7 rings (SSSR count). The second kappa shape index (κ2) is 11.7. The summed E-state index contributed by atoms with van der Waals surface area (Å²) in [6, 6.07) is 13.7. The summed E-state index contributed by atoms with van der Waals surface area (Å²) in [7, 11) is 4.48. The number of nitrogens with zero attached hydrogens (tertiary/aromatic N) is 5. The number of pyridine rings is 1. The molecule has 2 saturated heterocycles. The molecule has 48 heavy (non-hydrogen) atoms. The number of aryl methyl sites for hydroxylation is 2. The molecule has 2 fully saturated rings. The van der Waals surface area contributed by atoms with E-state index in [9.17, 15) is 19.2 Å². The Morgan fingerprint density at radius 1 is 1.02 bits per heavy atom. The summed E-state index contributed by atoms with van der Waals surface area (Å²) < 4.78 is 7.98. The molecular formula is C36H37ClN6O5. The number of likely N-dealkylation sites (tertiary alicyclic amines) is 2. The van der Waals surface area contributed by atoms with Crippen LogP contribution in [0.15, 0.2) is 58.3 Å². The van der Waals surface area contributed by atoms with Crippen molar-refractivity contribution in [3.05, 3.63) is 96.8 Å². The third-order valence-electron chi connectivity index (χ3n) is 10.2. The Morgan fingerprint density at radius 3 is 2.42 bits per heavy atom. The summed E-state index contributed by atoms with van der Waals surface area (Å²) in [6.45, 7) is 7.31. The van der Waals surface area contributed by atoms with E-state index < -0.39 is 17.2 Å². The fourth-order valence-electron chi connectivity index (χ4n) is 7.66. The van der Waals surface area contributed by atoms with Gasteiger partial charge in [0.15, 0.2) is 0 Å². The normalized spacial score (nSPS) is 17.9. The Bertz CT molecular complexity index is 2120. The second-order valence-corrected chi connectivity index (χ2v) is 13.7. The molecule has 248 valence electrons. The number of hydrogen-bond acceptors (Lipinski definition) is 7. The number of halogens is 1. The fraction of sp³-hybridized carbons (Fsp3) is 0.361. The first-order valence-electron chi connectivity index (χ1n) is 16.0. The van der Waals surface area contributed by atoms with Gasteiger partial charge in [0.05, 0.1) is 23.5 Å². The van der Waals surface area contributed by atoms with Crippen LogP contribution in [0.3, 0.4) is 0 Å². The zero-order chi connectivity index (χ0) is 34.1. The summed E-state index contributed by atoms with van der Waals surface area (Å²) in [5.41, 5.74) is 5.87. The van der Waals surface area contributed by atoms with E-state index in [-0.39, 0.29) is 22.9 Å². The van der Waals surface area contributed by atoms with Gasteiger partial charge in [0.1, 0.15) is 5.56 Å². The minimum atomic E-state index is -0.692. The molecule has 2 aromatic heterocycles. The van der Waals surface area contributed by atoms with Gasteiger partial charge in [-0.25, -0.2) is 9.78 Å². The molecule has 1 aliphatic carbocycles. The van der Waals surface area contributed by atoms with E-state index in [1.54, 1.807) is 26.2 Å². The third kappa shape index (κ3) is 5.12. The molecule has 4 aromatic rings. The zero-order valence-electron chi connectivity index (χ0n) is 27.6. The molecule has 3 aliphatic rings. The molecule has 12 heteroatoms. The molecule has 2 amide bonds. The monoisotopic (exact) mass is 668 g/mol. The number of carbonyl (C=O) groups is 2. The lowest BCUT2D eigenvalue weighted by Crippen LogP contribution is -2.72. The van der Waals surface area contributed by atoms with Crippen LogP contribution in [0, 0.1) is 12.3 Å². The van der Waals surface area contributed by atoms with Crippen LogP contribution in [-0.4, -0.2) is 69.0 Å². The van der Waals surface area contributed by atoms with Crippen molar-refractivity contribution in [1.82, 2.24) is 23.9 Å². The van der Waals surface area contributed by atoms with Gasteiger partial charge in [0.2, 0.25) is 11.8 Å². The predicted molar refractivity (Wildman–Crippen MR) is 184 cm³/mol. The minimum absolute atomic E-state index is 0.149. The van der Waals surface area contributed by atoms with Crippen LogP contribution in [0.25, 0.3) is 22.4 Å². The number of carbonyl (C=O) groups excluding carboxylic acids is 2. The van der Waals surface area contributed by atoms with Crippen molar-refractivity contribution < 1.29 is 14.3 Å². The van der Waals surface area contributed by atoms with Crippen molar-refractivity contribution in [3.8, 4) is 28.3 Å². The molecule has 0 bridgehead atoms. The predicted octanol–water partition coefficient (Wildman–Crippen LogP) is 4.19. The standard InChI is InChI=1S/C36H37ClN6O5/c1-20-23(25-10-7-11-27(31(25)37)38-32(45)26-15-40(3)35(47)41(4)34(26)46)8-6-9-24(20)28-14-22-12-13-29(30(22)33(39-28)48-5)43-18-36(19-43)16-42(17-36)21(2)44/h6-11,14-15,29H,12-13,16-19H2,1-5H3,(H,38,45)/t29-/m0/s1. The first-order valence-corrected chi connectivity index (χ1v) is 16.3. The average molecular weight is 669 g/mol. The molecule has 1 spiro atoms. The Morgan fingerprint density at radius 2 is 1.71 bits per heavy atom. The number of anilines is 1. The van der Waals surface area contributed by atoms with Crippen molar-refractivity contribution in [2.75, 3.05) is 38.6 Å². The maximum Gasteiger partial charge on any atom is 0.330 e. The van der Waals surface area contributed by atoms with E-state index in [0.717, 1.165) is 71.5 Å². The van der Waals surface area contributed by atoms with Crippen molar-refractivity contribution in [3.63, 3.8) is 0 Å². The smallest absolute Gasteiger partial charge is 0.330 e. The first-order chi connectivity index (χ1) is 22.9. The Hall–Kier alpha value is -4.74. The highest BCUT2D eigenvalue weighted by Gasteiger charge is 2.55. The number of aromatic nitrogens is 3. The van der Waals surface area contributed by atoms with E-state index in [1.807, 2.05) is 36.1 Å². The van der Waals surface area contributed by atoms with Crippen LogP contribution in [0.5, 0.6) is 5.88 Å². The zero-order valence-corrected chi connectivity index (χ0v) is 28.3. The lowest BCUT2D eigenvalue weighted by atomic mass is 9.72. The summed E-state index contributed by atoms with van der Waals surface area (Å²) in [5.74, 6) is 0.126. The van der Waals surface area contributed by atoms with Crippen LogP contribution in [-0.2, 0) is 25.3 Å². The van der Waals surface area contributed by atoms with E-state index in [0.29, 0.717) is 22.2 Å². The van der Waals surface area contributed by atoms with Gasteiger partial charge in [0, 0.05) is 81.5 Å². The number of benzene rings is 2. The van der Waals surface area contributed by atoms with Gasteiger partial charge >= 0.3 is 5.69 Å². The van der Waals surface area contributed by atoms with Crippen molar-refractivity contribution in [2.24, 2.45) is 19.5 Å². The number of methoxy groups -OCH3 is 1. The number of rotatable bonds is 6. The Balaban J connectivity index is 1.16. The van der Waals surface area contributed by atoms with Crippen molar-refractivity contribution in [2.45, 2.75) is 32.7 Å². The number of nitrogens with one attached hydrogen (secondary N) is 1. The number of ether oxygens (including phenoxy) is 1. The summed E-state index contributed by atoms with van der Waals surface area (Å²) in [6.07, 6.45) is 3.16. The molecule has 1 atom stereocenters. The van der Waals surface area contributed by atoms with Gasteiger partial charge in [0.25, 0.3) is 11.5 Å². The average Bonchev–Trinajstić information content (AvgIpc) is 3.45. The van der Waals surface area contributed by atoms with Gasteiger partial charge in [-0.2, -0.15) is 0 Å². The highest BCUT2D eigenvalue weighted by atomic mass is 35.5. The van der Waals surface area contributed by atoms with Crippen LogP contribution >= 0.6 is 11.6 Å². The summed E-state index contributed by atoms with van der Waals surface area (Å²) in [4.78, 5) is 59.1. The lowest BCUT2D eigenvalue weighted by Gasteiger charge is -2.61. The largest absolute Gasteiger partial charge is 0.481 e. The van der Waals surface area contributed by atoms with Crippen LogP contribution in [0.4, 0.5) is 5.69 Å². The van der Waals surface area contributed by atoms with Crippen LogP contribution < -0.4 is 21.3 Å². The van der Waals surface area contributed by atoms with Crippen molar-refractivity contribution >= 4 is 29.1 Å². The number of hydrogen-bond donors (Lipinski definition) is 1. The second-order valence-electron chi connectivity index (χ2n) is 13.3. The van der Waals surface area contributed by atoms with Gasteiger partial charge in [-0.05, 0) is 48.6 Å². The van der Waals surface area contributed by atoms with Crippen LogP contribution in [0.2, 0.25) is 5.02 Å². The molecule has 2 aliphatic heterocycles. The summed E-state index contributed by atoms with van der Waals surface area (Å²) in [5, 5.41) is 3.07. The molecule has 0 saturated carbocycles. The SMILES string of the molecule is COc1nc(-c2cccc(-c3cccc(NC(=O)c4cn(C)c(=O)n(C)c4=O)c3Cl)c2C)cc2c1[C@@H](N1CC3(CN(C(C)=O)C3)C1)CC2. The highest BCUT2D eigenvalue weighted by Crippen LogP contribution is 2.50. The van der Waals surface area contributed by atoms with Gasteiger partial charge in [-0.3, -0.25) is 23.9 Å². The van der Waals surface area contributed by atoms with Crippen LogP contribution in [0.1, 0.15) is 46.4 Å². The number of amides is 2. The van der Waals surface area contributed by atoms with E-state index in [2.05, 4.69) is 16.3 Å². The molecule has 0 radical (unpaired) electrons. The highest BCUT2D eigenvalue weighted by molar-refractivity contribution is 6.36. The van der Waals surface area contributed by atoms with E-state index in [4.69, 9.17) is 21.3 Å². The molecule has 4 heterocycles. The molecule has 1 N–H and O–H groups in total. The fourth-order valence-corrected chi connectivity index (χ4v) is 7.93. The van der Waals surface area contributed by atoms with Crippen molar-refractivity contribution in [1.29, 1.82) is 0 Å². The maximum atomic E-state index is 13.1. The first kappa shape index (κ1) is 31.8. The third-order valence-corrected chi connectivity index (χ3v) is 10.6. The van der Waals surface area contributed by atoms with E-state index in [1.165, 1.54) is 30.4 Å². The quantitative estimate of drug-likeness (QED) is 0.327. The Labute approximate surface area is 282 Å².